The summed E-state index contributed by atoms with van der Waals surface area (Å²) in [4.78, 5) is 46.8. The Hall–Kier alpha value is -5.18. The van der Waals surface area contributed by atoms with Gasteiger partial charge in [-0.05, 0) is 24.6 Å². The molecule has 4 N–H and O–H groups in total. The zero-order valence-electron chi connectivity index (χ0n) is 22.1. The Kier molecular flexibility index (Phi) is 6.39. The number of aryl methyl sites for hydroxylation is 1. The largest absolute Gasteiger partial charge is 0.361 e. The first kappa shape index (κ1) is 25.1. The molecule has 0 saturated carbocycles. The van der Waals surface area contributed by atoms with Gasteiger partial charge >= 0.3 is 0 Å². The highest BCUT2D eigenvalue weighted by molar-refractivity contribution is 6.12. The summed E-state index contributed by atoms with van der Waals surface area (Å²) in [5.41, 5.74) is 4.98. The maximum atomic E-state index is 14.3. The molecule has 1 aliphatic heterocycles. The number of aromatic amines is 2. The molecule has 3 amide bonds. The molecule has 0 saturated heterocycles. The van der Waals surface area contributed by atoms with Crippen LogP contribution in [0.15, 0.2) is 90.3 Å². The second-order valence-corrected chi connectivity index (χ2v) is 10.00. The highest BCUT2D eigenvalue weighted by Crippen LogP contribution is 2.32. The Balaban J connectivity index is 1.45. The van der Waals surface area contributed by atoms with Gasteiger partial charge < -0.3 is 20.6 Å². The average Bonchev–Trinajstić information content (AvgIpc) is 3.56. The molecule has 40 heavy (non-hydrogen) atoms. The predicted molar refractivity (Wildman–Crippen MR) is 153 cm³/mol. The lowest BCUT2D eigenvalue weighted by Gasteiger charge is -2.34. The van der Waals surface area contributed by atoms with Gasteiger partial charge in [0.2, 0.25) is 5.91 Å². The Morgan fingerprint density at radius 3 is 2.30 bits per heavy atom. The fourth-order valence-electron chi connectivity index (χ4n) is 5.22. The van der Waals surface area contributed by atoms with Crippen LogP contribution in [0, 0.1) is 6.92 Å². The highest BCUT2D eigenvalue weighted by Gasteiger charge is 2.40. The minimum Gasteiger partial charge on any atom is -0.361 e. The van der Waals surface area contributed by atoms with Gasteiger partial charge in [0, 0.05) is 58.7 Å². The number of amides is 3. The van der Waals surface area contributed by atoms with Gasteiger partial charge in [-0.1, -0.05) is 66.2 Å². The summed E-state index contributed by atoms with van der Waals surface area (Å²) >= 11 is 0. The third kappa shape index (κ3) is 4.62. The van der Waals surface area contributed by atoms with Crippen molar-refractivity contribution in [2.45, 2.75) is 32.4 Å². The Bertz CT molecular complexity index is 1780. The smallest absolute Gasteiger partial charge is 0.266 e. The molecular weight excluding hydrogens is 504 g/mol. The van der Waals surface area contributed by atoms with Crippen molar-refractivity contribution in [2.24, 2.45) is 5.10 Å². The van der Waals surface area contributed by atoms with Crippen molar-refractivity contribution in [3.05, 3.63) is 107 Å². The SMILES string of the molecule is CC(=O)N[C@@H](Cc1c[nH]c2ccccc12)C(=O)N1N=C(c2ccc(C)cc2)NC(=O)[C@@H]1c1c[nH]c2ccccc12. The Labute approximate surface area is 230 Å². The van der Waals surface area contributed by atoms with Crippen LogP contribution in [-0.2, 0) is 20.8 Å². The molecule has 6 rings (SSSR count). The van der Waals surface area contributed by atoms with Gasteiger partial charge in [-0.25, -0.2) is 5.01 Å². The highest BCUT2D eigenvalue weighted by atomic mass is 16.2. The van der Waals surface area contributed by atoms with E-state index in [1.54, 1.807) is 6.20 Å². The van der Waals surface area contributed by atoms with E-state index < -0.39 is 23.9 Å². The van der Waals surface area contributed by atoms with Crippen LogP contribution >= 0.6 is 0 Å². The summed E-state index contributed by atoms with van der Waals surface area (Å²) in [6, 6.07) is 20.9. The number of para-hydroxylation sites is 2. The Morgan fingerprint density at radius 1 is 0.925 bits per heavy atom. The van der Waals surface area contributed by atoms with Crippen LogP contribution in [0.25, 0.3) is 21.8 Å². The fraction of sp³-hybridized carbons (Fsp3) is 0.161. The molecule has 3 aromatic carbocycles. The van der Waals surface area contributed by atoms with Gasteiger partial charge in [-0.3, -0.25) is 14.4 Å². The number of H-pyrrole nitrogens is 2. The molecule has 0 bridgehead atoms. The van der Waals surface area contributed by atoms with E-state index in [4.69, 9.17) is 5.10 Å². The zero-order chi connectivity index (χ0) is 27.8. The lowest BCUT2D eigenvalue weighted by molar-refractivity contribution is -0.144. The van der Waals surface area contributed by atoms with Gasteiger partial charge in [0.15, 0.2) is 11.9 Å². The third-order valence-corrected chi connectivity index (χ3v) is 7.18. The number of rotatable bonds is 6. The van der Waals surface area contributed by atoms with Crippen LogP contribution in [0.4, 0.5) is 0 Å². The number of aromatic nitrogens is 2. The number of hydrogen-bond acceptors (Lipinski definition) is 4. The van der Waals surface area contributed by atoms with E-state index in [0.717, 1.165) is 32.9 Å². The summed E-state index contributed by atoms with van der Waals surface area (Å²) in [7, 11) is 0. The topological polar surface area (TPSA) is 122 Å². The molecule has 5 aromatic rings. The van der Waals surface area contributed by atoms with E-state index in [-0.39, 0.29) is 18.2 Å². The number of hydrogen-bond donors (Lipinski definition) is 4. The predicted octanol–water partition coefficient (Wildman–Crippen LogP) is 4.07. The number of carbonyl (C=O) groups excluding carboxylic acids is 3. The van der Waals surface area contributed by atoms with E-state index >= 15 is 0 Å². The molecule has 0 unspecified atom stereocenters. The number of hydrazone groups is 1. The third-order valence-electron chi connectivity index (χ3n) is 7.18. The lowest BCUT2D eigenvalue weighted by atomic mass is 10.00. The summed E-state index contributed by atoms with van der Waals surface area (Å²) in [5.74, 6) is -0.971. The molecule has 0 aliphatic carbocycles. The minimum absolute atomic E-state index is 0.219. The molecule has 1 aliphatic rings. The summed E-state index contributed by atoms with van der Waals surface area (Å²) in [6.07, 6.45) is 3.79. The monoisotopic (exact) mass is 532 g/mol. The van der Waals surface area contributed by atoms with E-state index in [2.05, 4.69) is 20.6 Å². The quantitative estimate of drug-likeness (QED) is 0.264. The van der Waals surface area contributed by atoms with Crippen LogP contribution in [0.3, 0.4) is 0 Å². The van der Waals surface area contributed by atoms with Crippen LogP contribution in [0.2, 0.25) is 0 Å². The second-order valence-electron chi connectivity index (χ2n) is 10.00. The molecule has 3 heterocycles. The standard InChI is InChI=1S/C31H28N6O3/c1-18-11-13-20(14-12-18)29-35-30(39)28(24-17-33-26-10-6-4-8-23(24)26)37(36-29)31(40)27(34-19(2)38)15-21-16-32-25-9-5-3-7-22(21)25/h3-14,16-17,27-28,32-33H,15H2,1-2H3,(H,34,38)(H,35,36,39)/t27-,28-/m0/s1. The molecular formula is C31H28N6O3. The molecule has 2 atom stereocenters. The molecule has 200 valence electrons. The number of nitrogens with zero attached hydrogens (tertiary/aromatic N) is 2. The van der Waals surface area contributed by atoms with Crippen molar-refractivity contribution in [2.75, 3.05) is 0 Å². The van der Waals surface area contributed by atoms with E-state index in [0.29, 0.717) is 11.1 Å². The molecule has 0 radical (unpaired) electrons. The van der Waals surface area contributed by atoms with Crippen LogP contribution in [-0.4, -0.2) is 44.6 Å². The first-order chi connectivity index (χ1) is 19.4. The molecule has 0 fully saturated rings. The van der Waals surface area contributed by atoms with Crippen molar-refractivity contribution >= 4 is 45.4 Å². The maximum Gasteiger partial charge on any atom is 0.266 e. The second kappa shape index (κ2) is 10.2. The Morgan fingerprint density at radius 2 is 1.57 bits per heavy atom. The van der Waals surface area contributed by atoms with Gasteiger partial charge in [0.1, 0.15) is 6.04 Å². The summed E-state index contributed by atoms with van der Waals surface area (Å²) in [5, 5.41) is 13.4. The zero-order valence-corrected chi connectivity index (χ0v) is 22.1. The maximum absolute atomic E-state index is 14.3. The summed E-state index contributed by atoms with van der Waals surface area (Å²) < 4.78 is 0. The number of benzene rings is 3. The number of amidine groups is 1. The van der Waals surface area contributed by atoms with Crippen molar-refractivity contribution in [1.82, 2.24) is 25.6 Å². The van der Waals surface area contributed by atoms with Gasteiger partial charge in [-0.15, -0.1) is 0 Å². The number of nitrogens with one attached hydrogen (secondary N) is 4. The fourth-order valence-corrected chi connectivity index (χ4v) is 5.22. The molecule has 9 heteroatoms. The number of carbonyl (C=O) groups is 3. The summed E-state index contributed by atoms with van der Waals surface area (Å²) in [6.45, 7) is 3.34. The van der Waals surface area contributed by atoms with E-state index in [1.807, 2.05) is 85.9 Å². The molecule has 2 aromatic heterocycles. The average molecular weight is 533 g/mol. The van der Waals surface area contributed by atoms with Crippen molar-refractivity contribution in [3.8, 4) is 0 Å². The first-order valence-electron chi connectivity index (χ1n) is 13.1. The van der Waals surface area contributed by atoms with Crippen LogP contribution < -0.4 is 10.6 Å². The number of fused-ring (bicyclic) bond motifs is 2. The van der Waals surface area contributed by atoms with Gasteiger partial charge in [0.25, 0.3) is 11.8 Å². The minimum atomic E-state index is -1.04. The van der Waals surface area contributed by atoms with Gasteiger partial charge in [-0.2, -0.15) is 5.10 Å². The van der Waals surface area contributed by atoms with Crippen LogP contribution in [0.1, 0.15) is 35.2 Å². The normalized spacial score (nSPS) is 16.1. The van der Waals surface area contributed by atoms with Crippen LogP contribution in [0.5, 0.6) is 0 Å². The van der Waals surface area contributed by atoms with E-state index in [1.165, 1.54) is 11.9 Å². The first-order valence-corrected chi connectivity index (χ1v) is 13.1. The lowest BCUT2D eigenvalue weighted by Crippen LogP contribution is -2.55. The van der Waals surface area contributed by atoms with Crippen molar-refractivity contribution in [1.29, 1.82) is 0 Å². The molecule has 9 nitrogen and oxygen atoms in total. The van der Waals surface area contributed by atoms with Crippen molar-refractivity contribution in [3.63, 3.8) is 0 Å². The molecule has 0 spiro atoms. The van der Waals surface area contributed by atoms with E-state index in [9.17, 15) is 14.4 Å². The van der Waals surface area contributed by atoms with Gasteiger partial charge in [0.05, 0.1) is 0 Å². The van der Waals surface area contributed by atoms with Crippen molar-refractivity contribution < 1.29 is 14.4 Å².